The van der Waals surface area contributed by atoms with E-state index in [1.807, 2.05) is 55.5 Å². The molecule has 0 saturated heterocycles. The summed E-state index contributed by atoms with van der Waals surface area (Å²) in [4.78, 5) is 24.9. The van der Waals surface area contributed by atoms with Gasteiger partial charge in [0.1, 0.15) is 5.75 Å². The van der Waals surface area contributed by atoms with Crippen LogP contribution in [0.2, 0.25) is 0 Å². The molecule has 0 saturated carbocycles. The van der Waals surface area contributed by atoms with Gasteiger partial charge in [0.05, 0.1) is 33.5 Å². The van der Waals surface area contributed by atoms with Crippen LogP contribution in [0.4, 0.5) is 5.69 Å². The number of esters is 1. The minimum Gasteiger partial charge on any atom is -0.494 e. The lowest BCUT2D eigenvalue weighted by Crippen LogP contribution is -2.12. The van der Waals surface area contributed by atoms with Crippen molar-refractivity contribution >= 4 is 28.3 Å². The van der Waals surface area contributed by atoms with Gasteiger partial charge in [-0.3, -0.25) is 4.79 Å². The third kappa shape index (κ3) is 5.10. The summed E-state index contributed by atoms with van der Waals surface area (Å²) in [6.45, 7) is 2.52. The molecule has 7 heteroatoms. The molecule has 0 aliphatic carbocycles. The first-order valence-electron chi connectivity index (χ1n) is 11.4. The van der Waals surface area contributed by atoms with Crippen molar-refractivity contribution < 1.29 is 28.5 Å². The molecule has 0 fully saturated rings. The van der Waals surface area contributed by atoms with Crippen molar-refractivity contribution in [2.24, 2.45) is 0 Å². The molecule has 0 aliphatic heterocycles. The van der Waals surface area contributed by atoms with Gasteiger partial charge in [0.25, 0.3) is 5.91 Å². The van der Waals surface area contributed by atoms with E-state index < -0.39 is 5.97 Å². The van der Waals surface area contributed by atoms with Gasteiger partial charge in [0, 0.05) is 11.3 Å². The van der Waals surface area contributed by atoms with Crippen LogP contribution in [0.15, 0.2) is 72.8 Å². The molecule has 4 aromatic carbocycles. The Bertz CT molecular complexity index is 1390. The Morgan fingerprint density at radius 2 is 1.44 bits per heavy atom. The summed E-state index contributed by atoms with van der Waals surface area (Å²) in [6.07, 6.45) is 0. The Labute approximate surface area is 209 Å². The van der Waals surface area contributed by atoms with E-state index in [4.69, 9.17) is 18.9 Å². The van der Waals surface area contributed by atoms with Crippen LogP contribution >= 0.6 is 0 Å². The Morgan fingerprint density at radius 1 is 0.778 bits per heavy atom. The monoisotopic (exact) mass is 485 g/mol. The average molecular weight is 486 g/mol. The molecule has 4 rings (SSSR count). The number of nitrogens with one attached hydrogen (secondary N) is 1. The summed E-state index contributed by atoms with van der Waals surface area (Å²) in [5, 5.41) is 4.63. The van der Waals surface area contributed by atoms with Gasteiger partial charge in [-0.25, -0.2) is 4.79 Å². The largest absolute Gasteiger partial charge is 0.494 e. The fourth-order valence-corrected chi connectivity index (χ4v) is 3.97. The second-order valence-corrected chi connectivity index (χ2v) is 7.93. The summed E-state index contributed by atoms with van der Waals surface area (Å²) in [6, 6.07) is 21.7. The highest BCUT2D eigenvalue weighted by Crippen LogP contribution is 2.38. The number of rotatable bonds is 8. The van der Waals surface area contributed by atoms with Gasteiger partial charge >= 0.3 is 5.97 Å². The van der Waals surface area contributed by atoms with Gasteiger partial charge in [-0.2, -0.15) is 0 Å². The number of carbonyl (C=O) groups excluding carboxylic acids is 2. The Kier molecular flexibility index (Phi) is 7.39. The van der Waals surface area contributed by atoms with Gasteiger partial charge in [0.2, 0.25) is 0 Å². The first kappa shape index (κ1) is 24.6. The summed E-state index contributed by atoms with van der Waals surface area (Å²) < 4.78 is 21.3. The Balaban J connectivity index is 1.77. The van der Waals surface area contributed by atoms with E-state index in [0.29, 0.717) is 34.9 Å². The maximum absolute atomic E-state index is 13.3. The summed E-state index contributed by atoms with van der Waals surface area (Å²) in [5.41, 5.74) is 3.22. The van der Waals surface area contributed by atoms with Crippen molar-refractivity contribution in [3.8, 4) is 28.4 Å². The van der Waals surface area contributed by atoms with Crippen LogP contribution in [0.1, 0.15) is 27.6 Å². The number of fused-ring (bicyclic) bond motifs is 1. The van der Waals surface area contributed by atoms with Crippen LogP contribution in [0, 0.1) is 0 Å². The van der Waals surface area contributed by atoms with Gasteiger partial charge in [-0.05, 0) is 89.5 Å². The van der Waals surface area contributed by atoms with Crippen molar-refractivity contribution in [2.45, 2.75) is 6.92 Å². The molecule has 0 aromatic heterocycles. The lowest BCUT2D eigenvalue weighted by Gasteiger charge is -2.15. The second-order valence-electron chi connectivity index (χ2n) is 7.93. The molecule has 0 heterocycles. The van der Waals surface area contributed by atoms with E-state index in [1.165, 1.54) is 7.11 Å². The molecule has 0 bridgehead atoms. The number of methoxy groups -OCH3 is 3. The fraction of sp³-hybridized carbons (Fsp3) is 0.172. The SMILES string of the molecule is CCOc1ccc(-c2cc(C(=O)Nc3ccc(C(=O)OC)cc3)cc3cc(OC)c(OC)cc23)cc1. The minimum absolute atomic E-state index is 0.287. The van der Waals surface area contributed by atoms with Gasteiger partial charge < -0.3 is 24.3 Å². The fourth-order valence-electron chi connectivity index (χ4n) is 3.97. The summed E-state index contributed by atoms with van der Waals surface area (Å²) >= 11 is 0. The highest BCUT2D eigenvalue weighted by molar-refractivity contribution is 6.10. The normalized spacial score (nSPS) is 10.6. The quantitative estimate of drug-likeness (QED) is 0.310. The molecule has 7 nitrogen and oxygen atoms in total. The van der Waals surface area contributed by atoms with E-state index in [9.17, 15) is 9.59 Å². The highest BCUT2D eigenvalue weighted by Gasteiger charge is 2.16. The van der Waals surface area contributed by atoms with Crippen LogP contribution in [0.25, 0.3) is 21.9 Å². The van der Waals surface area contributed by atoms with E-state index in [2.05, 4.69) is 5.32 Å². The number of amides is 1. The second kappa shape index (κ2) is 10.8. The molecule has 1 N–H and O–H groups in total. The van der Waals surface area contributed by atoms with Crippen LogP contribution < -0.4 is 19.5 Å². The van der Waals surface area contributed by atoms with Gasteiger partial charge in [0.15, 0.2) is 11.5 Å². The summed E-state index contributed by atoms with van der Waals surface area (Å²) in [7, 11) is 4.49. The van der Waals surface area contributed by atoms with Gasteiger partial charge in [-0.1, -0.05) is 12.1 Å². The molecule has 4 aromatic rings. The number of benzene rings is 4. The minimum atomic E-state index is -0.438. The predicted octanol–water partition coefficient (Wildman–Crippen LogP) is 5.96. The van der Waals surface area contributed by atoms with E-state index in [1.54, 1.807) is 38.5 Å². The standard InChI is InChI=1S/C29H27NO6/c1-5-36-23-12-8-18(9-13-23)24-15-21(14-20-16-26(33-2)27(34-3)17-25(20)24)28(31)30-22-10-6-19(7-11-22)29(32)35-4/h6-17H,5H2,1-4H3,(H,30,31). The molecule has 36 heavy (non-hydrogen) atoms. The maximum atomic E-state index is 13.3. The average Bonchev–Trinajstić information content (AvgIpc) is 2.92. The topological polar surface area (TPSA) is 83.1 Å². The van der Waals surface area contributed by atoms with E-state index in [-0.39, 0.29) is 5.91 Å². The summed E-state index contributed by atoms with van der Waals surface area (Å²) in [5.74, 6) is 1.21. The third-order valence-electron chi connectivity index (χ3n) is 5.76. The zero-order valence-electron chi connectivity index (χ0n) is 20.6. The van der Waals surface area contributed by atoms with Crippen molar-refractivity contribution in [1.29, 1.82) is 0 Å². The lowest BCUT2D eigenvalue weighted by molar-refractivity contribution is 0.0600. The van der Waals surface area contributed by atoms with E-state index >= 15 is 0 Å². The molecule has 0 spiro atoms. The number of ether oxygens (including phenoxy) is 4. The molecule has 0 radical (unpaired) electrons. The molecular formula is C29H27NO6. The van der Waals surface area contributed by atoms with Crippen LogP contribution in [-0.4, -0.2) is 39.8 Å². The van der Waals surface area contributed by atoms with Crippen molar-refractivity contribution in [1.82, 2.24) is 0 Å². The van der Waals surface area contributed by atoms with Crippen LogP contribution in [-0.2, 0) is 4.74 Å². The van der Waals surface area contributed by atoms with Crippen LogP contribution in [0.3, 0.4) is 0 Å². The first-order chi connectivity index (χ1) is 17.5. The molecule has 0 atom stereocenters. The highest BCUT2D eigenvalue weighted by atomic mass is 16.5. The number of hydrogen-bond acceptors (Lipinski definition) is 6. The van der Waals surface area contributed by atoms with Crippen molar-refractivity contribution in [2.75, 3.05) is 33.3 Å². The Hall–Kier alpha value is -4.52. The van der Waals surface area contributed by atoms with Crippen LogP contribution in [0.5, 0.6) is 17.2 Å². The molecule has 0 unspecified atom stereocenters. The molecular weight excluding hydrogens is 458 g/mol. The molecule has 0 aliphatic rings. The zero-order valence-corrected chi connectivity index (χ0v) is 20.6. The zero-order chi connectivity index (χ0) is 25.7. The first-order valence-corrected chi connectivity index (χ1v) is 11.4. The smallest absolute Gasteiger partial charge is 0.337 e. The van der Waals surface area contributed by atoms with Gasteiger partial charge in [-0.15, -0.1) is 0 Å². The number of carbonyl (C=O) groups is 2. The Morgan fingerprint density at radius 3 is 2.06 bits per heavy atom. The van der Waals surface area contributed by atoms with E-state index in [0.717, 1.165) is 27.6 Å². The maximum Gasteiger partial charge on any atom is 0.337 e. The third-order valence-corrected chi connectivity index (χ3v) is 5.76. The predicted molar refractivity (Wildman–Crippen MR) is 139 cm³/mol. The lowest BCUT2D eigenvalue weighted by atomic mass is 9.94. The molecule has 184 valence electrons. The number of hydrogen-bond donors (Lipinski definition) is 1. The van der Waals surface area contributed by atoms with Crippen molar-refractivity contribution in [3.63, 3.8) is 0 Å². The van der Waals surface area contributed by atoms with Crippen molar-refractivity contribution in [3.05, 3.63) is 83.9 Å². The molecule has 1 amide bonds. The number of anilines is 1.